The van der Waals surface area contributed by atoms with Crippen LogP contribution in [0.4, 0.5) is 5.95 Å². The number of aromatic nitrogens is 3. The van der Waals surface area contributed by atoms with Gasteiger partial charge in [-0.1, -0.05) is 12.1 Å². The van der Waals surface area contributed by atoms with Crippen LogP contribution in [0.25, 0.3) is 16.6 Å². The molecule has 6 nitrogen and oxygen atoms in total. The summed E-state index contributed by atoms with van der Waals surface area (Å²) in [7, 11) is 3.31. The Bertz CT molecular complexity index is 1160. The number of rotatable bonds is 6. The molecule has 28 heavy (non-hydrogen) atoms. The van der Waals surface area contributed by atoms with Crippen molar-refractivity contribution in [3.8, 4) is 11.5 Å². The van der Waals surface area contributed by atoms with Gasteiger partial charge in [0.2, 0.25) is 5.95 Å². The number of imidazole rings is 1. The predicted octanol–water partition coefficient (Wildman–Crippen LogP) is 4.56. The zero-order valence-corrected chi connectivity index (χ0v) is 16.7. The Morgan fingerprint density at radius 2 is 1.96 bits per heavy atom. The summed E-state index contributed by atoms with van der Waals surface area (Å²) >= 11 is 6.03. The van der Waals surface area contributed by atoms with E-state index >= 15 is 0 Å². The van der Waals surface area contributed by atoms with Gasteiger partial charge >= 0.3 is 0 Å². The third-order valence-electron chi connectivity index (χ3n) is 4.79. The number of methoxy groups -OCH3 is 2. The van der Waals surface area contributed by atoms with Gasteiger partial charge in [0.1, 0.15) is 22.7 Å². The van der Waals surface area contributed by atoms with Crippen molar-refractivity contribution in [2.75, 3.05) is 19.5 Å². The average Bonchev–Trinajstić information content (AvgIpc) is 3.17. The van der Waals surface area contributed by atoms with E-state index in [1.807, 2.05) is 40.9 Å². The van der Waals surface area contributed by atoms with Gasteiger partial charge in [-0.15, -0.1) is 11.6 Å². The molecule has 0 aliphatic carbocycles. The van der Waals surface area contributed by atoms with Crippen molar-refractivity contribution in [1.29, 1.82) is 0 Å². The maximum atomic E-state index is 6.03. The Labute approximate surface area is 168 Å². The van der Waals surface area contributed by atoms with Gasteiger partial charge in [-0.2, -0.15) is 0 Å². The lowest BCUT2D eigenvalue weighted by Gasteiger charge is -2.13. The second-order valence-electron chi connectivity index (χ2n) is 6.50. The molecule has 0 bridgehead atoms. The summed E-state index contributed by atoms with van der Waals surface area (Å²) in [6, 6.07) is 11.9. The molecule has 0 amide bonds. The minimum atomic E-state index is 0.337. The van der Waals surface area contributed by atoms with Crippen LogP contribution in [0, 0.1) is 6.92 Å². The summed E-state index contributed by atoms with van der Waals surface area (Å²) in [4.78, 5) is 9.49. The van der Waals surface area contributed by atoms with E-state index in [0.29, 0.717) is 24.1 Å². The lowest BCUT2D eigenvalue weighted by molar-refractivity contribution is 0.414. The normalized spacial score (nSPS) is 11.1. The highest BCUT2D eigenvalue weighted by atomic mass is 35.5. The molecule has 0 saturated carbocycles. The number of nitrogens with zero attached hydrogens (tertiary/aromatic N) is 3. The van der Waals surface area contributed by atoms with Gasteiger partial charge in [-0.05, 0) is 42.3 Å². The fourth-order valence-corrected chi connectivity index (χ4v) is 3.41. The number of hydrogen-bond donors (Lipinski definition) is 1. The number of aryl methyl sites for hydroxylation is 1. The largest absolute Gasteiger partial charge is 0.497 e. The predicted molar refractivity (Wildman–Crippen MR) is 112 cm³/mol. The lowest BCUT2D eigenvalue weighted by Crippen LogP contribution is -2.08. The van der Waals surface area contributed by atoms with Crippen LogP contribution in [0.3, 0.4) is 0 Å². The number of para-hydroxylation sites is 1. The van der Waals surface area contributed by atoms with E-state index in [0.717, 1.165) is 39.1 Å². The molecule has 2 aromatic carbocycles. The number of ether oxygens (including phenoxy) is 2. The lowest BCUT2D eigenvalue weighted by atomic mass is 10.1. The number of halogens is 1. The van der Waals surface area contributed by atoms with Gasteiger partial charge in [0, 0.05) is 18.1 Å². The molecule has 4 rings (SSSR count). The maximum Gasteiger partial charge on any atom is 0.209 e. The molecule has 0 atom stereocenters. The van der Waals surface area contributed by atoms with Crippen molar-refractivity contribution in [3.63, 3.8) is 0 Å². The van der Waals surface area contributed by atoms with Gasteiger partial charge in [0.15, 0.2) is 0 Å². The van der Waals surface area contributed by atoms with Crippen LogP contribution in [-0.2, 0) is 12.4 Å². The summed E-state index contributed by atoms with van der Waals surface area (Å²) in [6.45, 7) is 2.68. The summed E-state index contributed by atoms with van der Waals surface area (Å²) in [5, 5.41) is 4.35. The Morgan fingerprint density at radius 1 is 1.11 bits per heavy atom. The van der Waals surface area contributed by atoms with Crippen LogP contribution < -0.4 is 14.8 Å². The molecule has 1 N–H and O–H groups in total. The Kier molecular flexibility index (Phi) is 4.96. The number of hydrogen-bond acceptors (Lipinski definition) is 5. The van der Waals surface area contributed by atoms with E-state index in [1.54, 1.807) is 14.2 Å². The molecule has 7 heteroatoms. The number of benzene rings is 2. The van der Waals surface area contributed by atoms with Crippen molar-refractivity contribution in [2.24, 2.45) is 0 Å². The van der Waals surface area contributed by atoms with Crippen molar-refractivity contribution in [3.05, 3.63) is 59.4 Å². The molecule has 4 aromatic rings. The molecule has 0 radical (unpaired) electrons. The summed E-state index contributed by atoms with van der Waals surface area (Å²) in [5.41, 5.74) is 4.66. The van der Waals surface area contributed by atoms with Crippen LogP contribution in [0.5, 0.6) is 11.5 Å². The molecule has 2 heterocycles. The number of nitrogens with one attached hydrogen (secondary N) is 1. The molecule has 0 aliphatic rings. The van der Waals surface area contributed by atoms with E-state index in [-0.39, 0.29) is 0 Å². The molecule has 0 fully saturated rings. The first kappa shape index (κ1) is 18.4. The average molecular weight is 397 g/mol. The van der Waals surface area contributed by atoms with Crippen LogP contribution >= 0.6 is 11.6 Å². The highest BCUT2D eigenvalue weighted by Gasteiger charge is 2.14. The molecular formula is C21H21ClN4O2. The van der Waals surface area contributed by atoms with Crippen molar-refractivity contribution >= 4 is 34.1 Å². The zero-order valence-electron chi connectivity index (χ0n) is 16.0. The minimum absolute atomic E-state index is 0.337. The monoisotopic (exact) mass is 396 g/mol. The van der Waals surface area contributed by atoms with E-state index in [1.165, 1.54) is 0 Å². The van der Waals surface area contributed by atoms with Gasteiger partial charge in [-0.25, -0.2) is 9.97 Å². The quantitative estimate of drug-likeness (QED) is 0.484. The van der Waals surface area contributed by atoms with Gasteiger partial charge in [0.05, 0.1) is 25.8 Å². The van der Waals surface area contributed by atoms with Gasteiger partial charge in [0.25, 0.3) is 0 Å². The fourth-order valence-electron chi connectivity index (χ4n) is 3.28. The first-order valence-electron chi connectivity index (χ1n) is 8.92. The summed E-state index contributed by atoms with van der Waals surface area (Å²) < 4.78 is 12.7. The minimum Gasteiger partial charge on any atom is -0.497 e. The first-order valence-corrected chi connectivity index (χ1v) is 9.46. The molecule has 0 saturated heterocycles. The fraction of sp³-hybridized carbons (Fsp3) is 0.238. The van der Waals surface area contributed by atoms with Crippen LogP contribution in [0.2, 0.25) is 0 Å². The van der Waals surface area contributed by atoms with Crippen molar-refractivity contribution < 1.29 is 9.47 Å². The van der Waals surface area contributed by atoms with Crippen molar-refractivity contribution in [1.82, 2.24) is 14.4 Å². The second kappa shape index (κ2) is 7.56. The van der Waals surface area contributed by atoms with E-state index in [9.17, 15) is 0 Å². The van der Waals surface area contributed by atoms with E-state index in [2.05, 4.69) is 23.3 Å². The molecule has 0 aliphatic heterocycles. The van der Waals surface area contributed by atoms with E-state index in [4.69, 9.17) is 26.1 Å². The van der Waals surface area contributed by atoms with Crippen LogP contribution in [0.15, 0.2) is 42.6 Å². The molecule has 0 spiro atoms. The Hall–Kier alpha value is -2.99. The van der Waals surface area contributed by atoms with Gasteiger partial charge in [-0.3, -0.25) is 4.40 Å². The first-order chi connectivity index (χ1) is 13.6. The van der Waals surface area contributed by atoms with Crippen molar-refractivity contribution in [2.45, 2.75) is 19.3 Å². The highest BCUT2D eigenvalue weighted by Crippen LogP contribution is 2.29. The Morgan fingerprint density at radius 3 is 2.68 bits per heavy atom. The van der Waals surface area contributed by atoms with Gasteiger partial charge < -0.3 is 14.8 Å². The highest BCUT2D eigenvalue weighted by molar-refractivity contribution is 6.17. The number of alkyl halides is 1. The number of anilines is 1. The van der Waals surface area contributed by atoms with Crippen LogP contribution in [-0.4, -0.2) is 28.6 Å². The standard InChI is InChI=1S/C21H21ClN4O2/c1-13-9-16(27-2)8-7-14(13)11-23-21-25-19-17(5-4-6-18(19)28-3)20-24-15(10-22)12-26(20)21/h4-9,12H,10-11H2,1-3H3,(H,23,25). The third kappa shape index (κ3) is 3.20. The molecule has 2 aromatic heterocycles. The van der Waals surface area contributed by atoms with Crippen LogP contribution in [0.1, 0.15) is 16.8 Å². The Balaban J connectivity index is 1.79. The molecule has 144 valence electrons. The number of fused-ring (bicyclic) bond motifs is 3. The molecule has 0 unspecified atom stereocenters. The summed E-state index contributed by atoms with van der Waals surface area (Å²) in [6.07, 6.45) is 1.91. The SMILES string of the molecule is COc1ccc(CNc2nc3c(OC)cccc3c3nc(CCl)cn23)c(C)c1. The zero-order chi connectivity index (χ0) is 19.7. The second-order valence-corrected chi connectivity index (χ2v) is 6.76. The maximum absolute atomic E-state index is 6.03. The topological polar surface area (TPSA) is 60.7 Å². The summed E-state index contributed by atoms with van der Waals surface area (Å²) in [5.74, 6) is 2.58. The smallest absolute Gasteiger partial charge is 0.209 e. The van der Waals surface area contributed by atoms with E-state index < -0.39 is 0 Å². The molecular weight excluding hydrogens is 376 g/mol. The third-order valence-corrected chi connectivity index (χ3v) is 5.06.